The summed E-state index contributed by atoms with van der Waals surface area (Å²) in [5.41, 5.74) is 2.26. The molecule has 0 saturated heterocycles. The molecule has 1 aromatic heterocycles. The van der Waals surface area contributed by atoms with Gasteiger partial charge in [0.2, 0.25) is 0 Å². The first-order valence-corrected chi connectivity index (χ1v) is 8.95. The van der Waals surface area contributed by atoms with Crippen LogP contribution in [-0.4, -0.2) is 42.5 Å². The summed E-state index contributed by atoms with van der Waals surface area (Å²) < 4.78 is 7.46. The predicted molar refractivity (Wildman–Crippen MR) is 122 cm³/mol. The number of nitrogens with one attached hydrogen (secondary N) is 2. The van der Waals surface area contributed by atoms with Crippen molar-refractivity contribution in [2.45, 2.75) is 39.8 Å². The zero-order valence-corrected chi connectivity index (χ0v) is 19.4. The highest BCUT2D eigenvalue weighted by Crippen LogP contribution is 2.21. The first-order chi connectivity index (χ1) is 12.3. The standard InChI is InChI=1S/C20H31N5O.HI/c1-15(16-9-7-10-17(13-16)25-12-8-11-23-25)24-19(21-5)22-14-18(26-6)20(2,3)4;/h7-13,15,18H,14H2,1-6H3,(H2,21,22,24);1H. The summed E-state index contributed by atoms with van der Waals surface area (Å²) in [6, 6.07) is 10.3. The molecule has 0 aliphatic carbocycles. The predicted octanol–water partition coefficient (Wildman–Crippen LogP) is 3.78. The van der Waals surface area contributed by atoms with Crippen molar-refractivity contribution < 1.29 is 4.74 Å². The molecule has 0 aliphatic rings. The highest BCUT2D eigenvalue weighted by molar-refractivity contribution is 14.0. The minimum absolute atomic E-state index is 0. The van der Waals surface area contributed by atoms with Crippen LogP contribution < -0.4 is 10.6 Å². The number of aromatic nitrogens is 2. The summed E-state index contributed by atoms with van der Waals surface area (Å²) in [4.78, 5) is 4.34. The summed E-state index contributed by atoms with van der Waals surface area (Å²) in [6.45, 7) is 9.32. The Labute approximate surface area is 179 Å². The van der Waals surface area contributed by atoms with Crippen molar-refractivity contribution in [3.8, 4) is 5.69 Å². The number of hydrogen-bond acceptors (Lipinski definition) is 3. The molecule has 7 heteroatoms. The number of hydrogen-bond donors (Lipinski definition) is 2. The Kier molecular flexibility index (Phi) is 9.25. The van der Waals surface area contributed by atoms with E-state index < -0.39 is 0 Å². The topological polar surface area (TPSA) is 63.5 Å². The van der Waals surface area contributed by atoms with Crippen LogP contribution in [0, 0.1) is 5.41 Å². The second-order valence-corrected chi connectivity index (χ2v) is 7.46. The van der Waals surface area contributed by atoms with Gasteiger partial charge in [0.05, 0.1) is 17.8 Å². The fraction of sp³-hybridized carbons (Fsp3) is 0.500. The molecule has 150 valence electrons. The SMILES string of the molecule is CN=C(NCC(OC)C(C)(C)C)NC(C)c1cccc(-n2cccn2)c1.I. The van der Waals surface area contributed by atoms with Gasteiger partial charge < -0.3 is 15.4 Å². The quantitative estimate of drug-likeness (QED) is 0.372. The van der Waals surface area contributed by atoms with Crippen LogP contribution in [-0.2, 0) is 4.74 Å². The summed E-state index contributed by atoms with van der Waals surface area (Å²) in [6.07, 6.45) is 3.82. The molecule has 2 aromatic rings. The fourth-order valence-corrected chi connectivity index (χ4v) is 2.77. The number of guanidine groups is 1. The Hall–Kier alpha value is -1.61. The first-order valence-electron chi connectivity index (χ1n) is 8.95. The lowest BCUT2D eigenvalue weighted by atomic mass is 9.89. The lowest BCUT2D eigenvalue weighted by Gasteiger charge is -2.30. The van der Waals surface area contributed by atoms with Crippen molar-refractivity contribution >= 4 is 29.9 Å². The third kappa shape index (κ3) is 6.80. The van der Waals surface area contributed by atoms with E-state index in [1.54, 1.807) is 20.4 Å². The molecule has 2 rings (SSSR count). The van der Waals surface area contributed by atoms with E-state index in [2.05, 4.69) is 60.6 Å². The molecule has 0 saturated carbocycles. The number of halogens is 1. The van der Waals surface area contributed by atoms with E-state index in [0.717, 1.165) is 11.6 Å². The summed E-state index contributed by atoms with van der Waals surface area (Å²) >= 11 is 0. The molecule has 2 unspecified atom stereocenters. The maximum Gasteiger partial charge on any atom is 0.191 e. The number of nitrogens with zero attached hydrogens (tertiary/aromatic N) is 3. The van der Waals surface area contributed by atoms with Gasteiger partial charge >= 0.3 is 0 Å². The smallest absolute Gasteiger partial charge is 0.191 e. The molecule has 0 bridgehead atoms. The van der Waals surface area contributed by atoms with Crippen molar-refractivity contribution in [1.82, 2.24) is 20.4 Å². The van der Waals surface area contributed by atoms with E-state index in [1.807, 2.05) is 29.1 Å². The van der Waals surface area contributed by atoms with Gasteiger partial charge in [-0.05, 0) is 36.1 Å². The van der Waals surface area contributed by atoms with E-state index >= 15 is 0 Å². The lowest BCUT2D eigenvalue weighted by molar-refractivity contribution is 0.0205. The van der Waals surface area contributed by atoms with E-state index in [9.17, 15) is 0 Å². The van der Waals surface area contributed by atoms with Crippen molar-refractivity contribution in [3.05, 3.63) is 48.3 Å². The Morgan fingerprint density at radius 3 is 2.59 bits per heavy atom. The molecule has 6 nitrogen and oxygen atoms in total. The fourth-order valence-electron chi connectivity index (χ4n) is 2.77. The molecule has 2 atom stereocenters. The van der Waals surface area contributed by atoms with Crippen LogP contribution in [0.15, 0.2) is 47.7 Å². The third-order valence-corrected chi connectivity index (χ3v) is 4.42. The molecule has 2 N–H and O–H groups in total. The highest BCUT2D eigenvalue weighted by atomic mass is 127. The maximum atomic E-state index is 5.60. The van der Waals surface area contributed by atoms with Crippen molar-refractivity contribution in [2.24, 2.45) is 10.4 Å². The average Bonchev–Trinajstić information content (AvgIpc) is 3.14. The van der Waals surface area contributed by atoms with Crippen LogP contribution in [0.25, 0.3) is 5.69 Å². The van der Waals surface area contributed by atoms with Crippen molar-refractivity contribution in [3.63, 3.8) is 0 Å². The van der Waals surface area contributed by atoms with E-state index in [4.69, 9.17) is 4.74 Å². The Bertz CT molecular complexity index is 709. The minimum Gasteiger partial charge on any atom is -0.379 e. The molecule has 27 heavy (non-hydrogen) atoms. The van der Waals surface area contributed by atoms with Gasteiger partial charge in [-0.1, -0.05) is 32.9 Å². The van der Waals surface area contributed by atoms with Crippen LogP contribution >= 0.6 is 24.0 Å². The molecule has 1 heterocycles. The van der Waals surface area contributed by atoms with Crippen LogP contribution in [0.1, 0.15) is 39.3 Å². The van der Waals surface area contributed by atoms with Crippen LogP contribution in [0.5, 0.6) is 0 Å². The average molecular weight is 485 g/mol. The molecule has 0 spiro atoms. The van der Waals surface area contributed by atoms with Crippen LogP contribution in [0.2, 0.25) is 0 Å². The van der Waals surface area contributed by atoms with Gasteiger partial charge in [0.25, 0.3) is 0 Å². The first kappa shape index (κ1) is 23.4. The van der Waals surface area contributed by atoms with E-state index in [1.165, 1.54) is 5.56 Å². The zero-order valence-electron chi connectivity index (χ0n) is 17.1. The highest BCUT2D eigenvalue weighted by Gasteiger charge is 2.24. The monoisotopic (exact) mass is 485 g/mol. The van der Waals surface area contributed by atoms with Gasteiger partial charge in [-0.25, -0.2) is 4.68 Å². The molecular formula is C20H32IN5O. The summed E-state index contributed by atoms with van der Waals surface area (Å²) in [5, 5.41) is 11.1. The molecule has 1 aromatic carbocycles. The van der Waals surface area contributed by atoms with Gasteiger partial charge in [0.1, 0.15) is 0 Å². The number of methoxy groups -OCH3 is 1. The number of ether oxygens (including phenoxy) is 1. The number of aliphatic imine (C=N–C) groups is 1. The molecular weight excluding hydrogens is 453 g/mol. The van der Waals surface area contributed by atoms with Crippen molar-refractivity contribution in [2.75, 3.05) is 20.7 Å². The lowest BCUT2D eigenvalue weighted by Crippen LogP contribution is -2.45. The normalized spacial score (nSPS) is 14.2. The second-order valence-electron chi connectivity index (χ2n) is 7.46. The van der Waals surface area contributed by atoms with Crippen molar-refractivity contribution in [1.29, 1.82) is 0 Å². The summed E-state index contributed by atoms with van der Waals surface area (Å²) in [5.74, 6) is 0.758. The molecule has 0 radical (unpaired) electrons. The largest absolute Gasteiger partial charge is 0.379 e. The van der Waals surface area contributed by atoms with Gasteiger partial charge in [0.15, 0.2) is 5.96 Å². The van der Waals surface area contributed by atoms with Gasteiger partial charge in [-0.2, -0.15) is 5.10 Å². The van der Waals surface area contributed by atoms with Gasteiger partial charge in [-0.3, -0.25) is 4.99 Å². The van der Waals surface area contributed by atoms with E-state index in [0.29, 0.717) is 6.54 Å². The number of rotatable bonds is 6. The Balaban J connectivity index is 0.00000364. The van der Waals surface area contributed by atoms with E-state index in [-0.39, 0.29) is 41.5 Å². The van der Waals surface area contributed by atoms with Crippen LogP contribution in [0.3, 0.4) is 0 Å². The Morgan fingerprint density at radius 1 is 1.30 bits per heavy atom. The minimum atomic E-state index is 0. The maximum absolute atomic E-state index is 5.60. The van der Waals surface area contributed by atoms with Crippen LogP contribution in [0.4, 0.5) is 0 Å². The number of benzene rings is 1. The third-order valence-electron chi connectivity index (χ3n) is 4.42. The molecule has 0 fully saturated rings. The summed E-state index contributed by atoms with van der Waals surface area (Å²) in [7, 11) is 3.53. The molecule has 0 amide bonds. The van der Waals surface area contributed by atoms with Gasteiger partial charge in [-0.15, -0.1) is 24.0 Å². The molecule has 0 aliphatic heterocycles. The Morgan fingerprint density at radius 2 is 2.04 bits per heavy atom. The zero-order chi connectivity index (χ0) is 19.2. The van der Waals surface area contributed by atoms with Gasteiger partial charge in [0, 0.05) is 33.1 Å². The second kappa shape index (κ2) is 10.7.